The van der Waals surface area contributed by atoms with Crippen LogP contribution in [0, 0.1) is 5.92 Å². The molecule has 6 nitrogen and oxygen atoms in total. The molecule has 0 aliphatic carbocycles. The van der Waals surface area contributed by atoms with Crippen LogP contribution in [0.15, 0.2) is 0 Å². The third-order valence-corrected chi connectivity index (χ3v) is 3.84. The van der Waals surface area contributed by atoms with Crippen LogP contribution in [0.1, 0.15) is 29.9 Å². The second-order valence-corrected chi connectivity index (χ2v) is 6.06. The molecule has 0 aromatic carbocycles. The van der Waals surface area contributed by atoms with Gasteiger partial charge in [0.05, 0.1) is 6.61 Å². The average molecular weight is 300 g/mol. The zero-order valence-corrected chi connectivity index (χ0v) is 13.4. The van der Waals surface area contributed by atoms with E-state index in [1.54, 1.807) is 19.1 Å². The first-order valence-electron chi connectivity index (χ1n) is 6.70. The molecular formula is C13H24N4O2S. The molecule has 0 aliphatic heterocycles. The Bertz CT molecular complexity index is 434. The minimum absolute atomic E-state index is 0.0690. The Labute approximate surface area is 124 Å². The number of ether oxygens (including phenoxy) is 1. The van der Waals surface area contributed by atoms with E-state index in [1.807, 2.05) is 0 Å². The topological polar surface area (TPSA) is 80.5 Å². The van der Waals surface area contributed by atoms with E-state index in [9.17, 15) is 4.79 Å². The first kappa shape index (κ1) is 16.7. The van der Waals surface area contributed by atoms with Crippen molar-refractivity contribution in [3.8, 4) is 0 Å². The highest BCUT2D eigenvalue weighted by Crippen LogP contribution is 2.26. The minimum Gasteiger partial charge on any atom is -0.383 e. The van der Waals surface area contributed by atoms with Gasteiger partial charge >= 0.3 is 0 Å². The van der Waals surface area contributed by atoms with Gasteiger partial charge in [-0.25, -0.2) is 4.98 Å². The van der Waals surface area contributed by atoms with Crippen molar-refractivity contribution >= 4 is 28.2 Å². The van der Waals surface area contributed by atoms with Crippen LogP contribution in [-0.4, -0.2) is 49.6 Å². The van der Waals surface area contributed by atoms with Gasteiger partial charge < -0.3 is 20.7 Å². The lowest BCUT2D eigenvalue weighted by atomic mass is 10.1. The first-order chi connectivity index (χ1) is 9.45. The Morgan fingerprint density at radius 1 is 1.55 bits per heavy atom. The number of hydrogen-bond acceptors (Lipinski definition) is 6. The lowest BCUT2D eigenvalue weighted by Gasteiger charge is -2.17. The van der Waals surface area contributed by atoms with E-state index < -0.39 is 0 Å². The largest absolute Gasteiger partial charge is 0.383 e. The van der Waals surface area contributed by atoms with Crippen LogP contribution in [0.3, 0.4) is 0 Å². The van der Waals surface area contributed by atoms with Crippen molar-refractivity contribution in [2.24, 2.45) is 5.92 Å². The summed E-state index contributed by atoms with van der Waals surface area (Å²) in [4.78, 5) is 18.6. The zero-order valence-electron chi connectivity index (χ0n) is 12.6. The van der Waals surface area contributed by atoms with Gasteiger partial charge in [-0.2, -0.15) is 0 Å². The Kier molecular flexibility index (Phi) is 6.74. The Hall–Kier alpha value is -1.34. The molecule has 3 N–H and O–H groups in total. The molecule has 0 bridgehead atoms. The first-order valence-corrected chi connectivity index (χ1v) is 7.52. The second kappa shape index (κ2) is 8.06. The number of thiazole rings is 1. The molecule has 1 heterocycles. The van der Waals surface area contributed by atoms with Crippen molar-refractivity contribution in [3.05, 3.63) is 4.88 Å². The molecule has 0 fully saturated rings. The van der Waals surface area contributed by atoms with Crippen molar-refractivity contribution < 1.29 is 9.53 Å². The lowest BCUT2D eigenvalue weighted by molar-refractivity contribution is 0.0794. The van der Waals surface area contributed by atoms with Gasteiger partial charge in [-0.05, 0) is 12.3 Å². The summed E-state index contributed by atoms with van der Waals surface area (Å²) < 4.78 is 4.95. The molecule has 114 valence electrons. The standard InChI is InChI=1S/C13H24N4O2S/c1-9(2)5-7-17(3)12(18)10-11(14)16-13(20-10)15-6-8-19-4/h9H,5-8,14H2,1-4H3,(H,15,16). The summed E-state index contributed by atoms with van der Waals surface area (Å²) in [6.07, 6.45) is 0.972. The molecule has 1 aromatic rings. The Morgan fingerprint density at radius 3 is 2.85 bits per heavy atom. The zero-order chi connectivity index (χ0) is 15.1. The molecule has 0 unspecified atom stereocenters. The monoisotopic (exact) mass is 300 g/mol. The van der Waals surface area contributed by atoms with E-state index in [0.29, 0.717) is 29.1 Å². The fourth-order valence-corrected chi connectivity index (χ4v) is 2.45. The fraction of sp³-hybridized carbons (Fsp3) is 0.692. The van der Waals surface area contributed by atoms with Crippen LogP contribution < -0.4 is 11.1 Å². The summed E-state index contributed by atoms with van der Waals surface area (Å²) in [6, 6.07) is 0. The molecule has 0 saturated heterocycles. The molecule has 1 amide bonds. The number of nitrogens with two attached hydrogens (primary N) is 1. The summed E-state index contributed by atoms with van der Waals surface area (Å²) in [6.45, 7) is 6.21. The molecule has 0 spiro atoms. The van der Waals surface area contributed by atoms with Crippen LogP contribution in [0.2, 0.25) is 0 Å². The minimum atomic E-state index is -0.0690. The van der Waals surface area contributed by atoms with E-state index in [1.165, 1.54) is 11.3 Å². The summed E-state index contributed by atoms with van der Waals surface area (Å²) >= 11 is 1.29. The third kappa shape index (κ3) is 4.97. The maximum Gasteiger partial charge on any atom is 0.267 e. The molecule has 7 heteroatoms. The smallest absolute Gasteiger partial charge is 0.267 e. The van der Waals surface area contributed by atoms with Crippen molar-refractivity contribution in [2.45, 2.75) is 20.3 Å². The normalized spacial score (nSPS) is 10.8. The van der Waals surface area contributed by atoms with Gasteiger partial charge in [0.15, 0.2) is 5.13 Å². The van der Waals surface area contributed by atoms with E-state index in [-0.39, 0.29) is 11.7 Å². The summed E-state index contributed by atoms with van der Waals surface area (Å²) in [5.41, 5.74) is 5.82. The molecule has 0 saturated carbocycles. The van der Waals surface area contributed by atoms with Gasteiger partial charge in [0.25, 0.3) is 5.91 Å². The van der Waals surface area contributed by atoms with Crippen molar-refractivity contribution in [1.29, 1.82) is 0 Å². The number of carbonyl (C=O) groups is 1. The molecule has 0 aliphatic rings. The van der Waals surface area contributed by atoms with Crippen molar-refractivity contribution in [1.82, 2.24) is 9.88 Å². The molecule has 0 atom stereocenters. The van der Waals surface area contributed by atoms with E-state index in [0.717, 1.165) is 13.0 Å². The van der Waals surface area contributed by atoms with Gasteiger partial charge in [-0.15, -0.1) is 0 Å². The number of aromatic nitrogens is 1. The number of methoxy groups -OCH3 is 1. The second-order valence-electron chi connectivity index (χ2n) is 5.06. The third-order valence-electron chi connectivity index (χ3n) is 2.82. The van der Waals surface area contributed by atoms with E-state index in [4.69, 9.17) is 10.5 Å². The summed E-state index contributed by atoms with van der Waals surface area (Å²) in [5.74, 6) is 0.784. The van der Waals surface area contributed by atoms with Gasteiger partial charge in [0.1, 0.15) is 10.7 Å². The highest BCUT2D eigenvalue weighted by atomic mass is 32.1. The number of nitrogens with one attached hydrogen (secondary N) is 1. The molecule has 0 radical (unpaired) electrons. The molecule has 1 aromatic heterocycles. The van der Waals surface area contributed by atoms with Crippen LogP contribution >= 0.6 is 11.3 Å². The number of anilines is 2. The lowest BCUT2D eigenvalue weighted by Crippen LogP contribution is -2.28. The number of carbonyl (C=O) groups excluding carboxylic acids is 1. The predicted octanol–water partition coefficient (Wildman–Crippen LogP) is 1.90. The number of hydrogen-bond donors (Lipinski definition) is 2. The van der Waals surface area contributed by atoms with E-state index in [2.05, 4.69) is 24.1 Å². The average Bonchev–Trinajstić information content (AvgIpc) is 2.76. The fourth-order valence-electron chi connectivity index (χ4n) is 1.55. The van der Waals surface area contributed by atoms with Crippen molar-refractivity contribution in [3.63, 3.8) is 0 Å². The Balaban J connectivity index is 2.63. The van der Waals surface area contributed by atoms with Gasteiger partial charge in [-0.3, -0.25) is 4.79 Å². The maximum atomic E-state index is 12.3. The SMILES string of the molecule is COCCNc1nc(N)c(C(=O)N(C)CCC(C)C)s1. The van der Waals surface area contributed by atoms with Gasteiger partial charge in [-0.1, -0.05) is 25.2 Å². The van der Waals surface area contributed by atoms with Gasteiger partial charge in [0.2, 0.25) is 0 Å². The summed E-state index contributed by atoms with van der Waals surface area (Å²) in [7, 11) is 3.43. The quantitative estimate of drug-likeness (QED) is 0.717. The molecule has 20 heavy (non-hydrogen) atoms. The molecular weight excluding hydrogens is 276 g/mol. The number of nitrogens with zero attached hydrogens (tertiary/aromatic N) is 2. The number of rotatable bonds is 8. The predicted molar refractivity (Wildman–Crippen MR) is 83.3 cm³/mol. The number of amides is 1. The Morgan fingerprint density at radius 2 is 2.25 bits per heavy atom. The molecule has 1 rings (SSSR count). The highest BCUT2D eigenvalue weighted by Gasteiger charge is 2.19. The van der Waals surface area contributed by atoms with Crippen LogP contribution in [-0.2, 0) is 4.74 Å². The maximum absolute atomic E-state index is 12.3. The van der Waals surface area contributed by atoms with Crippen LogP contribution in [0.5, 0.6) is 0 Å². The van der Waals surface area contributed by atoms with Crippen molar-refractivity contribution in [2.75, 3.05) is 44.9 Å². The summed E-state index contributed by atoms with van der Waals surface area (Å²) in [5, 5.41) is 3.74. The number of nitrogen functional groups attached to an aromatic ring is 1. The van der Waals surface area contributed by atoms with Crippen LogP contribution in [0.25, 0.3) is 0 Å². The van der Waals surface area contributed by atoms with E-state index >= 15 is 0 Å². The highest BCUT2D eigenvalue weighted by molar-refractivity contribution is 7.18. The van der Waals surface area contributed by atoms with Gasteiger partial charge in [0, 0.05) is 27.2 Å². The van der Waals surface area contributed by atoms with Crippen LogP contribution in [0.4, 0.5) is 10.9 Å².